The van der Waals surface area contributed by atoms with Gasteiger partial charge >= 0.3 is 0 Å². The summed E-state index contributed by atoms with van der Waals surface area (Å²) in [5.41, 5.74) is 1.76. The molecule has 5 heteroatoms. The number of benzene rings is 2. The molecule has 0 N–H and O–H groups in total. The molecule has 0 aliphatic carbocycles. The fourth-order valence-electron chi connectivity index (χ4n) is 2.32. The molecule has 0 saturated heterocycles. The number of thioether (sulfide) groups is 1. The van der Waals surface area contributed by atoms with Crippen molar-refractivity contribution in [3.8, 4) is 0 Å². The number of aryl methyl sites for hydroxylation is 1. The standard InChI is InChI=1S/C21H16Cl2OS2/c1-14-2-11-19(26-14)12-20(21(24)16-5-9-18(23)10-6-16)25-13-15-3-7-17(22)8-4-15/h2-12H,13H2,1H3/b20-12+. The molecule has 26 heavy (non-hydrogen) atoms. The minimum Gasteiger partial charge on any atom is -0.288 e. The van der Waals surface area contributed by atoms with Crippen molar-refractivity contribution >= 4 is 58.2 Å². The van der Waals surface area contributed by atoms with Crippen LogP contribution in [0.2, 0.25) is 10.0 Å². The van der Waals surface area contributed by atoms with Crippen LogP contribution in [0.3, 0.4) is 0 Å². The lowest BCUT2D eigenvalue weighted by Gasteiger charge is -2.07. The molecule has 0 radical (unpaired) electrons. The molecule has 0 unspecified atom stereocenters. The zero-order valence-electron chi connectivity index (χ0n) is 14.0. The average molecular weight is 419 g/mol. The quantitative estimate of drug-likeness (QED) is 0.304. The minimum atomic E-state index is 0.00619. The van der Waals surface area contributed by atoms with Gasteiger partial charge in [-0.15, -0.1) is 23.1 Å². The highest BCUT2D eigenvalue weighted by Gasteiger charge is 2.14. The summed E-state index contributed by atoms with van der Waals surface area (Å²) in [5.74, 6) is 0.707. The molecule has 0 fully saturated rings. The molecular formula is C21H16Cl2OS2. The summed E-state index contributed by atoms with van der Waals surface area (Å²) in [6.45, 7) is 2.06. The van der Waals surface area contributed by atoms with E-state index in [0.29, 0.717) is 26.3 Å². The Balaban J connectivity index is 1.85. The second-order valence-corrected chi connectivity index (χ2v) is 8.92. The van der Waals surface area contributed by atoms with Crippen molar-refractivity contribution < 1.29 is 4.79 Å². The second-order valence-electron chi connectivity index (χ2n) is 5.71. The van der Waals surface area contributed by atoms with Gasteiger partial charge in [-0.25, -0.2) is 0 Å². The van der Waals surface area contributed by atoms with E-state index in [1.165, 1.54) is 16.6 Å². The normalized spacial score (nSPS) is 11.6. The highest BCUT2D eigenvalue weighted by molar-refractivity contribution is 8.03. The molecule has 0 bridgehead atoms. The van der Waals surface area contributed by atoms with Gasteiger partial charge < -0.3 is 0 Å². The molecule has 0 atom stereocenters. The van der Waals surface area contributed by atoms with Gasteiger partial charge in [0.25, 0.3) is 0 Å². The average Bonchev–Trinajstić information content (AvgIpc) is 3.05. The van der Waals surface area contributed by atoms with E-state index in [1.54, 1.807) is 35.6 Å². The van der Waals surface area contributed by atoms with Crippen molar-refractivity contribution in [3.05, 3.63) is 96.5 Å². The number of allylic oxidation sites excluding steroid dienone is 1. The maximum atomic E-state index is 13.0. The molecule has 3 aromatic rings. The van der Waals surface area contributed by atoms with E-state index >= 15 is 0 Å². The van der Waals surface area contributed by atoms with Crippen LogP contribution < -0.4 is 0 Å². The van der Waals surface area contributed by atoms with Gasteiger partial charge in [-0.2, -0.15) is 0 Å². The lowest BCUT2D eigenvalue weighted by atomic mass is 10.1. The lowest BCUT2D eigenvalue weighted by molar-refractivity contribution is 0.104. The van der Waals surface area contributed by atoms with Gasteiger partial charge in [-0.1, -0.05) is 35.3 Å². The predicted octanol–water partition coefficient (Wildman–Crippen LogP) is 7.52. The summed E-state index contributed by atoms with van der Waals surface area (Å²) in [7, 11) is 0. The number of ketones is 1. The number of rotatable bonds is 6. The summed E-state index contributed by atoms with van der Waals surface area (Å²) in [6.07, 6.45) is 1.97. The SMILES string of the molecule is Cc1ccc(/C=C(/SCc2ccc(Cl)cc2)C(=O)c2ccc(Cl)cc2)s1. The van der Waals surface area contributed by atoms with E-state index in [4.69, 9.17) is 23.2 Å². The predicted molar refractivity (Wildman–Crippen MR) is 116 cm³/mol. The van der Waals surface area contributed by atoms with Crippen molar-refractivity contribution in [2.75, 3.05) is 0 Å². The number of carbonyl (C=O) groups is 1. The van der Waals surface area contributed by atoms with Crippen LogP contribution in [0.4, 0.5) is 0 Å². The van der Waals surface area contributed by atoms with Gasteiger partial charge in [-0.05, 0) is 67.1 Å². The molecule has 0 saturated carbocycles. The Kier molecular flexibility index (Phi) is 6.60. The van der Waals surface area contributed by atoms with Crippen LogP contribution in [-0.2, 0) is 5.75 Å². The third-order valence-electron chi connectivity index (χ3n) is 3.67. The lowest BCUT2D eigenvalue weighted by Crippen LogP contribution is -2.01. The van der Waals surface area contributed by atoms with E-state index in [9.17, 15) is 4.79 Å². The molecule has 0 aliphatic rings. The van der Waals surface area contributed by atoms with Gasteiger partial charge in [0.1, 0.15) is 0 Å². The maximum Gasteiger partial charge on any atom is 0.199 e. The van der Waals surface area contributed by atoms with Crippen LogP contribution in [0.15, 0.2) is 65.6 Å². The molecule has 1 heterocycles. The van der Waals surface area contributed by atoms with Crippen LogP contribution in [0.5, 0.6) is 0 Å². The zero-order valence-corrected chi connectivity index (χ0v) is 17.2. The van der Waals surface area contributed by atoms with Crippen LogP contribution in [0, 0.1) is 6.92 Å². The van der Waals surface area contributed by atoms with Crippen LogP contribution in [-0.4, -0.2) is 5.78 Å². The fourth-order valence-corrected chi connectivity index (χ4v) is 4.44. The van der Waals surface area contributed by atoms with Gasteiger partial charge in [0.2, 0.25) is 0 Å². The first-order valence-corrected chi connectivity index (χ1v) is 10.5. The first-order chi connectivity index (χ1) is 12.5. The molecule has 1 nitrogen and oxygen atoms in total. The van der Waals surface area contributed by atoms with Crippen LogP contribution >= 0.6 is 46.3 Å². The Morgan fingerprint density at radius 1 is 0.962 bits per heavy atom. The van der Waals surface area contributed by atoms with Gasteiger partial charge in [0.05, 0.1) is 4.91 Å². The first kappa shape index (κ1) is 19.2. The van der Waals surface area contributed by atoms with E-state index in [2.05, 4.69) is 13.0 Å². The molecule has 132 valence electrons. The van der Waals surface area contributed by atoms with Crippen LogP contribution in [0.1, 0.15) is 25.7 Å². The highest BCUT2D eigenvalue weighted by Crippen LogP contribution is 2.30. The molecule has 0 spiro atoms. The van der Waals surface area contributed by atoms with Crippen LogP contribution in [0.25, 0.3) is 6.08 Å². The molecular weight excluding hydrogens is 403 g/mol. The Morgan fingerprint density at radius 2 is 1.58 bits per heavy atom. The van der Waals surface area contributed by atoms with Crippen molar-refractivity contribution in [1.82, 2.24) is 0 Å². The van der Waals surface area contributed by atoms with E-state index in [-0.39, 0.29) is 5.78 Å². The van der Waals surface area contributed by atoms with Crippen molar-refractivity contribution in [2.24, 2.45) is 0 Å². The van der Waals surface area contributed by atoms with Crippen molar-refractivity contribution in [2.45, 2.75) is 12.7 Å². The van der Waals surface area contributed by atoms with E-state index in [1.807, 2.05) is 36.4 Å². The molecule has 2 aromatic carbocycles. The summed E-state index contributed by atoms with van der Waals surface area (Å²) in [5, 5.41) is 1.33. The van der Waals surface area contributed by atoms with Gasteiger partial charge in [-0.3, -0.25) is 4.79 Å². The third-order valence-corrected chi connectivity index (χ3v) is 6.22. The van der Waals surface area contributed by atoms with E-state index < -0.39 is 0 Å². The number of thiophene rings is 1. The highest BCUT2D eigenvalue weighted by atomic mass is 35.5. The first-order valence-electron chi connectivity index (χ1n) is 7.97. The fraction of sp³-hybridized carbons (Fsp3) is 0.0952. The topological polar surface area (TPSA) is 17.1 Å². The summed E-state index contributed by atoms with van der Waals surface area (Å²) in [4.78, 5) is 16.0. The summed E-state index contributed by atoms with van der Waals surface area (Å²) < 4.78 is 0. The third kappa shape index (κ3) is 5.24. The smallest absolute Gasteiger partial charge is 0.199 e. The Morgan fingerprint density at radius 3 is 2.15 bits per heavy atom. The number of hydrogen-bond donors (Lipinski definition) is 0. The number of halogens is 2. The Labute approximate surface area is 171 Å². The summed E-state index contributed by atoms with van der Waals surface area (Å²) >= 11 is 15.1. The monoisotopic (exact) mass is 418 g/mol. The minimum absolute atomic E-state index is 0.00619. The zero-order chi connectivity index (χ0) is 18.5. The number of carbonyl (C=O) groups excluding carboxylic acids is 1. The molecule has 0 amide bonds. The molecule has 0 aliphatic heterocycles. The summed E-state index contributed by atoms with van der Waals surface area (Å²) in [6, 6.07) is 18.8. The molecule has 3 rings (SSSR count). The van der Waals surface area contributed by atoms with Crippen molar-refractivity contribution in [3.63, 3.8) is 0 Å². The Bertz CT molecular complexity index is 925. The van der Waals surface area contributed by atoms with Gasteiger partial charge in [0, 0.05) is 31.1 Å². The van der Waals surface area contributed by atoms with E-state index in [0.717, 1.165) is 10.4 Å². The Hall–Kier alpha value is -1.52. The largest absolute Gasteiger partial charge is 0.288 e. The molecule has 1 aromatic heterocycles. The van der Waals surface area contributed by atoms with Crippen molar-refractivity contribution in [1.29, 1.82) is 0 Å². The van der Waals surface area contributed by atoms with Gasteiger partial charge in [0.15, 0.2) is 5.78 Å². The maximum absolute atomic E-state index is 13.0. The number of hydrogen-bond acceptors (Lipinski definition) is 3. The second kappa shape index (κ2) is 8.92. The number of Topliss-reactive ketones (excluding diaryl/α,β-unsaturated/α-hetero) is 1.